The fraction of sp³-hybridized carbons (Fsp3) is 0.235. The van der Waals surface area contributed by atoms with Crippen LogP contribution in [0.15, 0.2) is 59.5 Å². The van der Waals surface area contributed by atoms with Crippen molar-refractivity contribution in [2.45, 2.75) is 17.9 Å². The molecule has 1 unspecified atom stereocenters. The molecule has 120 valence electrons. The van der Waals surface area contributed by atoms with Crippen molar-refractivity contribution in [2.75, 3.05) is 13.2 Å². The molecule has 1 atom stereocenters. The van der Waals surface area contributed by atoms with Crippen molar-refractivity contribution in [3.05, 3.63) is 65.7 Å². The molecule has 2 aromatic rings. The maximum Gasteiger partial charge on any atom is 0.267 e. The van der Waals surface area contributed by atoms with E-state index < -0.39 is 15.9 Å². The summed E-state index contributed by atoms with van der Waals surface area (Å²) in [6, 6.07) is 14.9. The second-order valence-electron chi connectivity index (χ2n) is 5.48. The van der Waals surface area contributed by atoms with Gasteiger partial charge in [-0.05, 0) is 31.2 Å². The average molecular weight is 331 g/mol. The molecule has 1 aliphatic rings. The molecule has 0 saturated carbocycles. The van der Waals surface area contributed by atoms with Crippen LogP contribution in [0.25, 0.3) is 0 Å². The Labute approximate surface area is 135 Å². The van der Waals surface area contributed by atoms with Crippen molar-refractivity contribution in [1.82, 2.24) is 4.31 Å². The summed E-state index contributed by atoms with van der Waals surface area (Å²) in [5, 5.41) is 0. The number of hydrogen-bond acceptors (Lipinski definition) is 4. The van der Waals surface area contributed by atoms with Gasteiger partial charge in [0.25, 0.3) is 15.9 Å². The first-order valence-electron chi connectivity index (χ1n) is 7.29. The SMILES string of the molecule is Cc1cccc(C(=O)N(CC2CO2)S(=O)(=O)c2ccccc2)c1. The number of carbonyl (C=O) groups excluding carboxylic acids is 1. The summed E-state index contributed by atoms with van der Waals surface area (Å²) in [7, 11) is -3.91. The van der Waals surface area contributed by atoms with Crippen LogP contribution in [0.3, 0.4) is 0 Å². The van der Waals surface area contributed by atoms with Crippen molar-refractivity contribution in [1.29, 1.82) is 0 Å². The lowest BCUT2D eigenvalue weighted by molar-refractivity contribution is 0.0854. The van der Waals surface area contributed by atoms with Gasteiger partial charge in [0.15, 0.2) is 0 Å². The van der Waals surface area contributed by atoms with E-state index >= 15 is 0 Å². The van der Waals surface area contributed by atoms with Crippen molar-refractivity contribution < 1.29 is 17.9 Å². The number of aryl methyl sites for hydroxylation is 1. The lowest BCUT2D eigenvalue weighted by Crippen LogP contribution is -2.39. The van der Waals surface area contributed by atoms with Crippen LogP contribution < -0.4 is 0 Å². The molecule has 1 aliphatic heterocycles. The van der Waals surface area contributed by atoms with E-state index in [1.165, 1.54) is 12.1 Å². The van der Waals surface area contributed by atoms with Gasteiger partial charge in [-0.2, -0.15) is 0 Å². The minimum Gasteiger partial charge on any atom is -0.371 e. The minimum absolute atomic E-state index is 0.0317. The number of sulfonamides is 1. The van der Waals surface area contributed by atoms with E-state index in [1.807, 2.05) is 13.0 Å². The van der Waals surface area contributed by atoms with Gasteiger partial charge in [0.2, 0.25) is 0 Å². The van der Waals surface area contributed by atoms with Gasteiger partial charge in [-0.1, -0.05) is 35.9 Å². The number of nitrogens with zero attached hydrogens (tertiary/aromatic N) is 1. The molecule has 1 saturated heterocycles. The fourth-order valence-corrected chi connectivity index (χ4v) is 3.73. The standard InChI is InChI=1S/C17H17NO4S/c1-13-6-5-7-14(10-13)17(19)18(11-15-12-22-15)23(20,21)16-8-3-2-4-9-16/h2-10,15H,11-12H2,1H3. The van der Waals surface area contributed by atoms with Crippen molar-refractivity contribution in [2.24, 2.45) is 0 Å². The maximum atomic E-state index is 12.8. The number of carbonyl (C=O) groups is 1. The molecular formula is C17H17NO4S. The topological polar surface area (TPSA) is 67.0 Å². The highest BCUT2D eigenvalue weighted by Crippen LogP contribution is 2.22. The predicted octanol–water partition coefficient (Wildman–Crippen LogP) is 2.22. The molecule has 5 nitrogen and oxygen atoms in total. The molecule has 3 rings (SSSR count). The third-order valence-corrected chi connectivity index (χ3v) is 5.36. The van der Waals surface area contributed by atoms with Crippen molar-refractivity contribution in [3.8, 4) is 0 Å². The Bertz CT molecular complexity index is 813. The van der Waals surface area contributed by atoms with Crippen LogP contribution in [-0.4, -0.2) is 37.9 Å². The van der Waals surface area contributed by atoms with Gasteiger partial charge in [0.1, 0.15) is 0 Å². The minimum atomic E-state index is -3.91. The first kappa shape index (κ1) is 15.7. The van der Waals surface area contributed by atoms with Gasteiger partial charge in [-0.15, -0.1) is 0 Å². The van der Waals surface area contributed by atoms with Crippen LogP contribution in [0.5, 0.6) is 0 Å². The second kappa shape index (κ2) is 6.14. The molecule has 0 bridgehead atoms. The van der Waals surface area contributed by atoms with E-state index in [4.69, 9.17) is 4.74 Å². The summed E-state index contributed by atoms with van der Waals surface area (Å²) in [5.74, 6) is -0.534. The second-order valence-corrected chi connectivity index (χ2v) is 7.34. The Balaban J connectivity index is 1.99. The number of epoxide rings is 1. The monoisotopic (exact) mass is 331 g/mol. The van der Waals surface area contributed by atoms with Gasteiger partial charge in [0, 0.05) is 5.56 Å². The highest BCUT2D eigenvalue weighted by molar-refractivity contribution is 7.89. The molecule has 0 radical (unpaired) electrons. The van der Waals surface area contributed by atoms with Crippen LogP contribution in [0, 0.1) is 6.92 Å². The summed E-state index contributed by atoms with van der Waals surface area (Å²) in [6.07, 6.45) is -0.220. The Morgan fingerprint density at radius 1 is 1.17 bits per heavy atom. The lowest BCUT2D eigenvalue weighted by Gasteiger charge is -2.22. The third kappa shape index (κ3) is 3.43. The van der Waals surface area contributed by atoms with Crippen molar-refractivity contribution >= 4 is 15.9 Å². The summed E-state index contributed by atoms with van der Waals surface area (Å²) in [6.45, 7) is 2.36. The van der Waals surface area contributed by atoms with E-state index in [0.717, 1.165) is 9.87 Å². The maximum absolute atomic E-state index is 12.8. The molecule has 6 heteroatoms. The first-order valence-corrected chi connectivity index (χ1v) is 8.73. The molecule has 0 aliphatic carbocycles. The summed E-state index contributed by atoms with van der Waals surface area (Å²) >= 11 is 0. The van der Waals surface area contributed by atoms with E-state index in [1.54, 1.807) is 36.4 Å². The summed E-state index contributed by atoms with van der Waals surface area (Å²) in [5.41, 5.74) is 1.25. The van der Waals surface area contributed by atoms with Gasteiger partial charge < -0.3 is 4.74 Å². The molecule has 2 aromatic carbocycles. The normalized spacial score (nSPS) is 16.8. The molecule has 0 N–H and O–H groups in total. The lowest BCUT2D eigenvalue weighted by atomic mass is 10.1. The first-order chi connectivity index (χ1) is 11.0. The number of rotatable bonds is 5. The molecule has 23 heavy (non-hydrogen) atoms. The molecule has 0 aromatic heterocycles. The zero-order chi connectivity index (χ0) is 16.4. The van der Waals surface area contributed by atoms with E-state index in [2.05, 4.69) is 0 Å². The zero-order valence-electron chi connectivity index (χ0n) is 12.7. The smallest absolute Gasteiger partial charge is 0.267 e. The Hall–Kier alpha value is -2.18. The predicted molar refractivity (Wildman–Crippen MR) is 85.6 cm³/mol. The summed E-state index contributed by atoms with van der Waals surface area (Å²) in [4.78, 5) is 12.9. The highest BCUT2D eigenvalue weighted by atomic mass is 32.2. The van der Waals surface area contributed by atoms with Crippen LogP contribution in [0.1, 0.15) is 15.9 Å². The van der Waals surface area contributed by atoms with E-state index in [0.29, 0.717) is 12.2 Å². The van der Waals surface area contributed by atoms with E-state index in [9.17, 15) is 13.2 Å². The molecular weight excluding hydrogens is 314 g/mol. The number of amides is 1. The Morgan fingerprint density at radius 2 is 1.87 bits per heavy atom. The number of benzene rings is 2. The highest BCUT2D eigenvalue weighted by Gasteiger charge is 2.36. The Kier molecular flexibility index (Phi) is 4.19. The molecule has 1 fully saturated rings. The van der Waals surface area contributed by atoms with Gasteiger partial charge in [-0.25, -0.2) is 12.7 Å². The average Bonchev–Trinajstić information content (AvgIpc) is 3.37. The van der Waals surface area contributed by atoms with Crippen LogP contribution >= 0.6 is 0 Å². The van der Waals surface area contributed by atoms with E-state index in [-0.39, 0.29) is 17.5 Å². The molecule has 0 spiro atoms. The zero-order valence-corrected chi connectivity index (χ0v) is 13.5. The number of ether oxygens (including phenoxy) is 1. The van der Waals surface area contributed by atoms with Gasteiger partial charge in [-0.3, -0.25) is 4.79 Å². The third-order valence-electron chi connectivity index (χ3n) is 3.59. The van der Waals surface area contributed by atoms with Crippen molar-refractivity contribution in [3.63, 3.8) is 0 Å². The van der Waals surface area contributed by atoms with Crippen LogP contribution in [0.4, 0.5) is 0 Å². The number of hydrogen-bond donors (Lipinski definition) is 0. The summed E-state index contributed by atoms with van der Waals surface area (Å²) < 4.78 is 31.7. The fourth-order valence-electron chi connectivity index (χ4n) is 2.29. The van der Waals surface area contributed by atoms with Crippen LogP contribution in [0.2, 0.25) is 0 Å². The quantitative estimate of drug-likeness (QED) is 0.788. The molecule has 1 amide bonds. The van der Waals surface area contributed by atoms with Gasteiger partial charge >= 0.3 is 0 Å². The largest absolute Gasteiger partial charge is 0.371 e. The van der Waals surface area contributed by atoms with Crippen LogP contribution in [-0.2, 0) is 14.8 Å². The molecule has 1 heterocycles. The Morgan fingerprint density at radius 3 is 2.48 bits per heavy atom. The van der Waals surface area contributed by atoms with Gasteiger partial charge in [0.05, 0.1) is 24.2 Å².